The molecule has 0 unspecified atom stereocenters. The molecule has 1 saturated heterocycles. The third kappa shape index (κ3) is 3.68. The zero-order chi connectivity index (χ0) is 17.1. The number of piperazine rings is 1. The molecule has 3 aromatic heterocycles. The number of hydrogen-bond acceptors (Lipinski definition) is 9. The number of pyridine rings is 1. The predicted molar refractivity (Wildman–Crippen MR) is 98.5 cm³/mol. The molecule has 0 saturated carbocycles. The van der Waals surface area contributed by atoms with Crippen LogP contribution >= 0.6 is 11.3 Å². The molecule has 9 heteroatoms. The number of aromatic nitrogens is 4. The standard InChI is InChI=1S/C16H19N7OS/c1-24-10-11-9-13(21-15(19-11)23-7-5-17-6-8-23)22-16-20-12-3-2-4-18-14(12)25-16/h2-4,9,17H,5-8,10H2,1H3,(H,19,20,21,22). The first kappa shape index (κ1) is 16.1. The number of methoxy groups -OCH3 is 1. The summed E-state index contributed by atoms with van der Waals surface area (Å²) in [5, 5.41) is 7.40. The summed E-state index contributed by atoms with van der Waals surface area (Å²) < 4.78 is 5.25. The average Bonchev–Trinajstić information content (AvgIpc) is 3.05. The van der Waals surface area contributed by atoms with Gasteiger partial charge in [0.05, 0.1) is 12.3 Å². The molecule has 8 nitrogen and oxygen atoms in total. The van der Waals surface area contributed by atoms with Gasteiger partial charge in [0.25, 0.3) is 0 Å². The Balaban J connectivity index is 1.63. The second-order valence-corrected chi connectivity index (χ2v) is 6.66. The summed E-state index contributed by atoms with van der Waals surface area (Å²) in [5.41, 5.74) is 1.72. The van der Waals surface area contributed by atoms with Gasteiger partial charge < -0.3 is 20.3 Å². The molecule has 1 aliphatic heterocycles. The number of hydrogen-bond donors (Lipinski definition) is 2. The van der Waals surface area contributed by atoms with E-state index in [1.54, 1.807) is 13.3 Å². The maximum absolute atomic E-state index is 5.25. The van der Waals surface area contributed by atoms with Crippen molar-refractivity contribution in [1.29, 1.82) is 0 Å². The Bertz CT molecular complexity index is 830. The second-order valence-electron chi connectivity index (χ2n) is 5.69. The summed E-state index contributed by atoms with van der Waals surface area (Å²) in [6, 6.07) is 5.73. The molecule has 0 radical (unpaired) electrons. The fraction of sp³-hybridized carbons (Fsp3) is 0.375. The molecule has 0 aromatic carbocycles. The van der Waals surface area contributed by atoms with Crippen molar-refractivity contribution in [2.24, 2.45) is 0 Å². The highest BCUT2D eigenvalue weighted by atomic mass is 32.1. The van der Waals surface area contributed by atoms with Gasteiger partial charge in [-0.1, -0.05) is 11.3 Å². The van der Waals surface area contributed by atoms with Crippen LogP contribution in [-0.2, 0) is 11.3 Å². The van der Waals surface area contributed by atoms with Crippen LogP contribution in [0, 0.1) is 0 Å². The van der Waals surface area contributed by atoms with Gasteiger partial charge in [-0.25, -0.2) is 15.0 Å². The van der Waals surface area contributed by atoms with Gasteiger partial charge in [0.2, 0.25) is 5.95 Å². The maximum atomic E-state index is 5.25. The average molecular weight is 357 g/mol. The number of fused-ring (bicyclic) bond motifs is 1. The van der Waals surface area contributed by atoms with E-state index in [9.17, 15) is 0 Å². The largest absolute Gasteiger partial charge is 0.378 e. The summed E-state index contributed by atoms with van der Waals surface area (Å²) in [7, 11) is 1.67. The van der Waals surface area contributed by atoms with Crippen molar-refractivity contribution in [2.45, 2.75) is 6.61 Å². The molecule has 130 valence electrons. The highest BCUT2D eigenvalue weighted by Gasteiger charge is 2.16. The van der Waals surface area contributed by atoms with Crippen molar-refractivity contribution in [2.75, 3.05) is 43.5 Å². The van der Waals surface area contributed by atoms with Gasteiger partial charge in [-0.3, -0.25) is 0 Å². The second kappa shape index (κ2) is 7.26. The zero-order valence-electron chi connectivity index (χ0n) is 13.9. The van der Waals surface area contributed by atoms with Crippen molar-refractivity contribution < 1.29 is 4.74 Å². The molecule has 0 aliphatic carbocycles. The molecule has 4 heterocycles. The van der Waals surface area contributed by atoms with Crippen molar-refractivity contribution in [3.8, 4) is 0 Å². The van der Waals surface area contributed by atoms with Crippen LogP contribution < -0.4 is 15.5 Å². The van der Waals surface area contributed by atoms with E-state index in [1.807, 2.05) is 18.2 Å². The van der Waals surface area contributed by atoms with Gasteiger partial charge >= 0.3 is 0 Å². The minimum absolute atomic E-state index is 0.442. The van der Waals surface area contributed by atoms with Crippen LogP contribution in [0.4, 0.5) is 16.9 Å². The summed E-state index contributed by atoms with van der Waals surface area (Å²) in [4.78, 5) is 21.3. The lowest BCUT2D eigenvalue weighted by molar-refractivity contribution is 0.181. The van der Waals surface area contributed by atoms with Crippen LogP contribution in [0.5, 0.6) is 0 Å². The third-order valence-corrected chi connectivity index (χ3v) is 4.76. The van der Waals surface area contributed by atoms with Gasteiger partial charge in [0, 0.05) is 45.6 Å². The van der Waals surface area contributed by atoms with Gasteiger partial charge in [-0.2, -0.15) is 4.98 Å². The van der Waals surface area contributed by atoms with E-state index < -0.39 is 0 Å². The third-order valence-electron chi connectivity index (χ3n) is 3.86. The SMILES string of the molecule is COCc1cc(Nc2nc3cccnc3s2)nc(N2CCNCC2)n1. The van der Waals surface area contributed by atoms with Gasteiger partial charge in [-0.15, -0.1) is 0 Å². The summed E-state index contributed by atoms with van der Waals surface area (Å²) in [5.74, 6) is 1.44. The van der Waals surface area contributed by atoms with Crippen LogP contribution in [0.2, 0.25) is 0 Å². The van der Waals surface area contributed by atoms with Crippen molar-refractivity contribution in [3.05, 3.63) is 30.1 Å². The fourth-order valence-electron chi connectivity index (χ4n) is 2.71. The number of ether oxygens (including phenoxy) is 1. The predicted octanol–water partition coefficient (Wildman–Crippen LogP) is 1.78. The van der Waals surface area contributed by atoms with Gasteiger partial charge in [-0.05, 0) is 12.1 Å². The number of anilines is 3. The number of thiazole rings is 1. The quantitative estimate of drug-likeness (QED) is 0.714. The summed E-state index contributed by atoms with van der Waals surface area (Å²) in [6.07, 6.45) is 1.77. The van der Waals surface area contributed by atoms with Crippen molar-refractivity contribution in [3.63, 3.8) is 0 Å². The molecule has 1 fully saturated rings. The van der Waals surface area contributed by atoms with E-state index >= 15 is 0 Å². The zero-order valence-corrected chi connectivity index (χ0v) is 14.7. The van der Waals surface area contributed by atoms with Crippen LogP contribution in [-0.4, -0.2) is 53.2 Å². The summed E-state index contributed by atoms with van der Waals surface area (Å²) >= 11 is 1.50. The van der Waals surface area contributed by atoms with Crippen LogP contribution in [0.25, 0.3) is 10.3 Å². The van der Waals surface area contributed by atoms with Crippen molar-refractivity contribution >= 4 is 38.6 Å². The Labute approximate surface area is 149 Å². The Morgan fingerprint density at radius 2 is 2.16 bits per heavy atom. The Morgan fingerprint density at radius 1 is 1.28 bits per heavy atom. The molecule has 4 rings (SSSR count). The smallest absolute Gasteiger partial charge is 0.227 e. The topological polar surface area (TPSA) is 88.1 Å². The van der Waals surface area contributed by atoms with Crippen molar-refractivity contribution in [1.82, 2.24) is 25.3 Å². The molecular weight excluding hydrogens is 338 g/mol. The number of rotatable bonds is 5. The monoisotopic (exact) mass is 357 g/mol. The minimum atomic E-state index is 0.442. The highest BCUT2D eigenvalue weighted by Crippen LogP contribution is 2.27. The molecule has 0 spiro atoms. The van der Waals surface area contributed by atoms with E-state index in [2.05, 4.69) is 35.5 Å². The van der Waals surface area contributed by atoms with E-state index in [4.69, 9.17) is 4.74 Å². The first-order valence-corrected chi connectivity index (χ1v) is 8.94. The first-order chi connectivity index (χ1) is 12.3. The van der Waals surface area contributed by atoms with E-state index in [-0.39, 0.29) is 0 Å². The first-order valence-electron chi connectivity index (χ1n) is 8.13. The molecular formula is C16H19N7OS. The van der Waals surface area contributed by atoms with E-state index in [0.29, 0.717) is 6.61 Å². The molecule has 3 aromatic rings. The molecule has 0 bridgehead atoms. The fourth-order valence-corrected chi connectivity index (χ4v) is 3.52. The Hall–Kier alpha value is -2.36. The van der Waals surface area contributed by atoms with Gasteiger partial charge in [0.15, 0.2) is 5.13 Å². The van der Waals surface area contributed by atoms with E-state index in [0.717, 1.165) is 59.1 Å². The molecule has 25 heavy (non-hydrogen) atoms. The molecule has 2 N–H and O–H groups in total. The van der Waals surface area contributed by atoms with E-state index in [1.165, 1.54) is 11.3 Å². The lowest BCUT2D eigenvalue weighted by Crippen LogP contribution is -2.44. The minimum Gasteiger partial charge on any atom is -0.378 e. The highest BCUT2D eigenvalue weighted by molar-refractivity contribution is 7.21. The lowest BCUT2D eigenvalue weighted by atomic mass is 10.3. The van der Waals surface area contributed by atoms with Crippen LogP contribution in [0.3, 0.4) is 0 Å². The Kier molecular flexibility index (Phi) is 4.68. The maximum Gasteiger partial charge on any atom is 0.227 e. The molecule has 0 atom stereocenters. The normalized spacial score (nSPS) is 14.8. The number of nitrogens with one attached hydrogen (secondary N) is 2. The molecule has 1 aliphatic rings. The summed E-state index contributed by atoms with van der Waals surface area (Å²) in [6.45, 7) is 4.09. The molecule has 0 amide bonds. The lowest BCUT2D eigenvalue weighted by Gasteiger charge is -2.27. The van der Waals surface area contributed by atoms with Crippen LogP contribution in [0.15, 0.2) is 24.4 Å². The van der Waals surface area contributed by atoms with Gasteiger partial charge in [0.1, 0.15) is 16.2 Å². The number of nitrogens with zero attached hydrogens (tertiary/aromatic N) is 5. The van der Waals surface area contributed by atoms with Crippen LogP contribution in [0.1, 0.15) is 5.69 Å². The Morgan fingerprint density at radius 3 is 2.96 bits per heavy atom.